The summed E-state index contributed by atoms with van der Waals surface area (Å²) in [4.78, 5) is 17.8. The molecule has 0 spiro atoms. The first kappa shape index (κ1) is 12.3. The summed E-state index contributed by atoms with van der Waals surface area (Å²) in [5.74, 6) is -0.00926. The van der Waals surface area contributed by atoms with Crippen LogP contribution in [0.25, 0.3) is 0 Å². The summed E-state index contributed by atoms with van der Waals surface area (Å²) in [5.41, 5.74) is 0.428. The highest BCUT2D eigenvalue weighted by Crippen LogP contribution is 2.20. The molecule has 0 radical (unpaired) electrons. The molecule has 5 heteroatoms. The van der Waals surface area contributed by atoms with E-state index in [0.29, 0.717) is 25.1 Å². The topological polar surface area (TPSA) is 53.4 Å². The molecule has 1 aromatic heterocycles. The minimum Gasteiger partial charge on any atom is -0.393 e. The van der Waals surface area contributed by atoms with Gasteiger partial charge in [0, 0.05) is 19.3 Å². The van der Waals surface area contributed by atoms with E-state index in [0.717, 1.165) is 0 Å². The Kier molecular flexibility index (Phi) is 3.64. The van der Waals surface area contributed by atoms with Crippen molar-refractivity contribution < 1.29 is 9.90 Å². The number of halogens is 1. The van der Waals surface area contributed by atoms with Crippen molar-refractivity contribution in [2.24, 2.45) is 5.92 Å². The Hall–Kier alpha value is -1.13. The SMILES string of the molecule is CC1CN(C(=O)c2cccnc2Cl)CCC1O. The number of amides is 1. The fourth-order valence-corrected chi connectivity index (χ4v) is 2.23. The largest absolute Gasteiger partial charge is 0.393 e. The molecular formula is C12H15ClN2O2. The molecule has 0 aromatic carbocycles. The number of pyridine rings is 1. The summed E-state index contributed by atoms with van der Waals surface area (Å²) in [7, 11) is 0. The molecule has 0 bridgehead atoms. The van der Waals surface area contributed by atoms with Gasteiger partial charge in [-0.05, 0) is 24.5 Å². The number of aliphatic hydroxyl groups excluding tert-OH is 1. The molecule has 2 heterocycles. The van der Waals surface area contributed by atoms with Gasteiger partial charge in [-0.3, -0.25) is 4.79 Å². The number of nitrogens with zero attached hydrogens (tertiary/aromatic N) is 2. The van der Waals surface area contributed by atoms with E-state index in [-0.39, 0.29) is 23.1 Å². The second-order valence-corrected chi connectivity index (χ2v) is 4.78. The molecule has 17 heavy (non-hydrogen) atoms. The quantitative estimate of drug-likeness (QED) is 0.774. The van der Waals surface area contributed by atoms with Gasteiger partial charge in [0.05, 0.1) is 11.7 Å². The average molecular weight is 255 g/mol. The minimum atomic E-state index is -0.316. The Morgan fingerprint density at radius 2 is 2.41 bits per heavy atom. The average Bonchev–Trinajstić information content (AvgIpc) is 2.32. The lowest BCUT2D eigenvalue weighted by molar-refractivity contribution is 0.0297. The van der Waals surface area contributed by atoms with Gasteiger partial charge < -0.3 is 10.0 Å². The fourth-order valence-electron chi connectivity index (χ4n) is 2.03. The smallest absolute Gasteiger partial charge is 0.256 e. The van der Waals surface area contributed by atoms with E-state index in [9.17, 15) is 9.90 Å². The molecular weight excluding hydrogens is 240 g/mol. The molecule has 1 aliphatic heterocycles. The summed E-state index contributed by atoms with van der Waals surface area (Å²) in [6.07, 6.45) is 1.86. The van der Waals surface area contributed by atoms with E-state index < -0.39 is 0 Å². The minimum absolute atomic E-state index is 0.100. The molecule has 1 N–H and O–H groups in total. The molecule has 2 atom stereocenters. The lowest BCUT2D eigenvalue weighted by atomic mass is 9.96. The van der Waals surface area contributed by atoms with E-state index in [4.69, 9.17) is 11.6 Å². The van der Waals surface area contributed by atoms with E-state index in [1.807, 2.05) is 6.92 Å². The Morgan fingerprint density at radius 1 is 1.65 bits per heavy atom. The zero-order valence-corrected chi connectivity index (χ0v) is 10.4. The van der Waals surface area contributed by atoms with Crippen molar-refractivity contribution in [3.63, 3.8) is 0 Å². The van der Waals surface area contributed by atoms with Gasteiger partial charge in [0.15, 0.2) is 0 Å². The van der Waals surface area contributed by atoms with Crippen molar-refractivity contribution in [3.8, 4) is 0 Å². The predicted molar refractivity (Wildman–Crippen MR) is 64.9 cm³/mol. The molecule has 0 saturated carbocycles. The highest BCUT2D eigenvalue weighted by atomic mass is 35.5. The van der Waals surface area contributed by atoms with Gasteiger partial charge in [0.1, 0.15) is 5.15 Å². The van der Waals surface area contributed by atoms with Crippen molar-refractivity contribution in [2.45, 2.75) is 19.4 Å². The van der Waals surface area contributed by atoms with Crippen LogP contribution in [-0.4, -0.2) is 40.1 Å². The molecule has 1 aliphatic rings. The van der Waals surface area contributed by atoms with Crippen LogP contribution in [0.15, 0.2) is 18.3 Å². The van der Waals surface area contributed by atoms with Crippen molar-refractivity contribution >= 4 is 17.5 Å². The van der Waals surface area contributed by atoms with Crippen LogP contribution in [-0.2, 0) is 0 Å². The Morgan fingerprint density at radius 3 is 3.06 bits per heavy atom. The maximum Gasteiger partial charge on any atom is 0.256 e. The van der Waals surface area contributed by atoms with E-state index >= 15 is 0 Å². The van der Waals surface area contributed by atoms with Gasteiger partial charge in [-0.2, -0.15) is 0 Å². The van der Waals surface area contributed by atoms with E-state index in [1.54, 1.807) is 23.2 Å². The number of aliphatic hydroxyl groups is 1. The molecule has 2 rings (SSSR count). The normalized spacial score (nSPS) is 24.8. The molecule has 2 unspecified atom stereocenters. The number of aromatic nitrogens is 1. The first-order chi connectivity index (χ1) is 8.09. The lowest BCUT2D eigenvalue weighted by Crippen LogP contribution is -2.45. The van der Waals surface area contributed by atoms with Crippen LogP contribution in [0.3, 0.4) is 0 Å². The van der Waals surface area contributed by atoms with Gasteiger partial charge in [-0.1, -0.05) is 18.5 Å². The maximum absolute atomic E-state index is 12.2. The van der Waals surface area contributed by atoms with Crippen LogP contribution in [0.1, 0.15) is 23.7 Å². The molecule has 1 saturated heterocycles. The first-order valence-corrected chi connectivity index (χ1v) is 6.05. The van der Waals surface area contributed by atoms with Crippen LogP contribution >= 0.6 is 11.6 Å². The van der Waals surface area contributed by atoms with Crippen molar-refractivity contribution in [1.82, 2.24) is 9.88 Å². The van der Waals surface area contributed by atoms with Crippen molar-refractivity contribution in [1.29, 1.82) is 0 Å². The third kappa shape index (κ3) is 2.58. The molecule has 0 aliphatic carbocycles. The summed E-state index contributed by atoms with van der Waals surface area (Å²) >= 11 is 5.90. The van der Waals surface area contributed by atoms with Crippen LogP contribution in [0, 0.1) is 5.92 Å². The van der Waals surface area contributed by atoms with Crippen molar-refractivity contribution in [2.75, 3.05) is 13.1 Å². The second-order valence-electron chi connectivity index (χ2n) is 4.43. The Labute approximate surface area is 105 Å². The van der Waals surface area contributed by atoms with Gasteiger partial charge in [0.2, 0.25) is 0 Å². The summed E-state index contributed by atoms with van der Waals surface area (Å²) in [6.45, 7) is 3.07. The number of hydrogen-bond acceptors (Lipinski definition) is 3. The van der Waals surface area contributed by atoms with Crippen LogP contribution in [0.5, 0.6) is 0 Å². The third-order valence-corrected chi connectivity index (χ3v) is 3.44. The molecule has 92 valence electrons. The highest BCUT2D eigenvalue weighted by Gasteiger charge is 2.28. The Balaban J connectivity index is 2.14. The number of hydrogen-bond donors (Lipinski definition) is 1. The number of rotatable bonds is 1. The van der Waals surface area contributed by atoms with Crippen molar-refractivity contribution in [3.05, 3.63) is 29.0 Å². The summed E-state index contributed by atoms with van der Waals surface area (Å²) in [5, 5.41) is 9.86. The highest BCUT2D eigenvalue weighted by molar-refractivity contribution is 6.32. The monoisotopic (exact) mass is 254 g/mol. The number of likely N-dealkylation sites (tertiary alicyclic amines) is 1. The first-order valence-electron chi connectivity index (χ1n) is 5.67. The number of carbonyl (C=O) groups is 1. The second kappa shape index (κ2) is 5.02. The zero-order valence-electron chi connectivity index (χ0n) is 9.64. The molecule has 1 aromatic rings. The van der Waals surface area contributed by atoms with Gasteiger partial charge in [0.25, 0.3) is 5.91 Å². The maximum atomic E-state index is 12.2. The summed E-state index contributed by atoms with van der Waals surface area (Å²) < 4.78 is 0. The zero-order chi connectivity index (χ0) is 12.4. The standard InChI is InChI=1S/C12H15ClN2O2/c1-8-7-15(6-4-10(8)16)12(17)9-3-2-5-14-11(9)13/h2-3,5,8,10,16H,4,6-7H2,1H3. The lowest BCUT2D eigenvalue weighted by Gasteiger charge is -2.34. The molecule has 1 amide bonds. The van der Waals surface area contributed by atoms with Gasteiger partial charge >= 0.3 is 0 Å². The van der Waals surface area contributed by atoms with E-state index in [2.05, 4.69) is 4.98 Å². The molecule has 1 fully saturated rings. The predicted octanol–water partition coefficient (Wildman–Crippen LogP) is 1.58. The fraction of sp³-hybridized carbons (Fsp3) is 0.500. The third-order valence-electron chi connectivity index (χ3n) is 3.14. The van der Waals surface area contributed by atoms with Gasteiger partial charge in [-0.25, -0.2) is 4.98 Å². The van der Waals surface area contributed by atoms with Crippen LogP contribution in [0.4, 0.5) is 0 Å². The molecule has 4 nitrogen and oxygen atoms in total. The number of piperidine rings is 1. The van der Waals surface area contributed by atoms with E-state index in [1.165, 1.54) is 0 Å². The van der Waals surface area contributed by atoms with Gasteiger partial charge in [-0.15, -0.1) is 0 Å². The Bertz CT molecular complexity index is 425. The van der Waals surface area contributed by atoms with Crippen LogP contribution < -0.4 is 0 Å². The number of carbonyl (C=O) groups excluding carboxylic acids is 1. The summed E-state index contributed by atoms with van der Waals surface area (Å²) in [6, 6.07) is 3.37. The van der Waals surface area contributed by atoms with Crippen LogP contribution in [0.2, 0.25) is 5.15 Å².